The Hall–Kier alpha value is 0.0700. The Morgan fingerprint density at radius 3 is 2.52 bits per heavy atom. The first-order chi connectivity index (χ1) is 15.5. The number of carbonyl (C=O) groups excluding carboxylic acids is 2. The molecule has 33 heavy (non-hydrogen) atoms. The fourth-order valence-corrected chi connectivity index (χ4v) is 8.46. The molecule has 1 aliphatic heterocycles. The van der Waals surface area contributed by atoms with Crippen molar-refractivity contribution in [3.8, 4) is 0 Å². The van der Waals surface area contributed by atoms with Crippen molar-refractivity contribution >= 4 is 23.7 Å². The molecular formula is C24H35N2NaO5S. The molecule has 4 aliphatic carbocycles. The van der Waals surface area contributed by atoms with Crippen LogP contribution in [0.5, 0.6) is 0 Å². The van der Waals surface area contributed by atoms with Gasteiger partial charge in [-0.15, -0.1) is 0 Å². The van der Waals surface area contributed by atoms with Crippen LogP contribution >= 0.6 is 12.0 Å². The van der Waals surface area contributed by atoms with Crippen molar-refractivity contribution in [3.63, 3.8) is 0 Å². The van der Waals surface area contributed by atoms with Crippen LogP contribution in [-0.2, 0) is 19.0 Å². The molecule has 0 aromatic carbocycles. The molecule has 0 saturated heterocycles. The first kappa shape index (κ1) is 26.1. The van der Waals surface area contributed by atoms with Gasteiger partial charge in [-0.3, -0.25) is 14.6 Å². The molecule has 5 aliphatic rings. The van der Waals surface area contributed by atoms with E-state index in [0.717, 1.165) is 69.8 Å². The molecule has 1 heterocycles. The van der Waals surface area contributed by atoms with Crippen molar-refractivity contribution in [2.24, 2.45) is 29.6 Å². The monoisotopic (exact) mass is 486 g/mol. The number of rotatable bonds is 5. The van der Waals surface area contributed by atoms with Gasteiger partial charge >= 0.3 is 29.6 Å². The van der Waals surface area contributed by atoms with Crippen LogP contribution in [0.1, 0.15) is 64.7 Å². The van der Waals surface area contributed by atoms with Crippen LogP contribution in [0.25, 0.3) is 0 Å². The predicted octanol–water partition coefficient (Wildman–Crippen LogP) is -0.440. The van der Waals surface area contributed by atoms with E-state index in [9.17, 15) is 14.8 Å². The fraction of sp³-hybridized carbons (Fsp3) is 0.833. The van der Waals surface area contributed by atoms with Crippen molar-refractivity contribution in [1.29, 1.82) is 0 Å². The molecule has 0 radical (unpaired) electrons. The number of fused-ring (bicyclic) bond motifs is 2. The average molecular weight is 487 g/mol. The summed E-state index contributed by atoms with van der Waals surface area (Å²) in [6, 6.07) is 0.414. The Morgan fingerprint density at radius 1 is 1.03 bits per heavy atom. The zero-order chi connectivity index (χ0) is 22.4. The van der Waals surface area contributed by atoms with Crippen molar-refractivity contribution in [2.45, 2.75) is 88.1 Å². The molecule has 0 aromatic rings. The van der Waals surface area contributed by atoms with Gasteiger partial charge in [-0.05, 0) is 56.8 Å². The number of carbonyl (C=O) groups is 2. The summed E-state index contributed by atoms with van der Waals surface area (Å²) in [6.45, 7) is 2.23. The van der Waals surface area contributed by atoms with E-state index < -0.39 is 0 Å². The summed E-state index contributed by atoms with van der Waals surface area (Å²) in [5.41, 5.74) is 1.27. The predicted molar refractivity (Wildman–Crippen MR) is 119 cm³/mol. The summed E-state index contributed by atoms with van der Waals surface area (Å²) in [5, 5.41) is 18.1. The maximum absolute atomic E-state index is 13.9. The number of nitrogens with one attached hydrogen (secondary N) is 1. The molecule has 0 aromatic heterocycles. The number of amides is 1. The van der Waals surface area contributed by atoms with E-state index >= 15 is 0 Å². The zero-order valence-corrected chi connectivity index (χ0v) is 22.9. The molecule has 1 N–H and O–H groups in total. The van der Waals surface area contributed by atoms with Gasteiger partial charge in [0.1, 0.15) is 5.78 Å². The van der Waals surface area contributed by atoms with Crippen LogP contribution in [0.3, 0.4) is 0 Å². The maximum atomic E-state index is 13.9. The summed E-state index contributed by atoms with van der Waals surface area (Å²) in [7, 11) is 1.90. The molecule has 0 spiro atoms. The van der Waals surface area contributed by atoms with E-state index in [2.05, 4.69) is 17.3 Å². The normalized spacial score (nSPS) is 42.7. The maximum Gasteiger partial charge on any atom is 1.00 e. The van der Waals surface area contributed by atoms with Crippen LogP contribution < -0.4 is 40.1 Å². The largest absolute Gasteiger partial charge is 1.00 e. The molecule has 9 atom stereocenters. The third-order valence-electron chi connectivity index (χ3n) is 9.09. The van der Waals surface area contributed by atoms with Gasteiger partial charge in [0.05, 0.1) is 0 Å². The van der Waals surface area contributed by atoms with Crippen molar-refractivity contribution < 1.29 is 53.8 Å². The van der Waals surface area contributed by atoms with Gasteiger partial charge in [0.15, 0.2) is 0 Å². The van der Waals surface area contributed by atoms with Crippen molar-refractivity contribution in [2.75, 3.05) is 7.05 Å². The van der Waals surface area contributed by atoms with Crippen LogP contribution in [-0.4, -0.2) is 47.0 Å². The molecule has 0 bridgehead atoms. The van der Waals surface area contributed by atoms with Crippen LogP contribution in [0, 0.1) is 29.6 Å². The molecule has 9 heteroatoms. The SMILES string of the molecule is CC1CCC(NC2CCC3C4C(=CC(=O)N3C)C3CCCCC3C(=O)C24)C(SOO[O-])C1.[Na+]. The number of nitrogens with zero attached hydrogens (tertiary/aromatic N) is 1. The molecule has 9 unspecified atom stereocenters. The Balaban J connectivity index is 0.00000259. The van der Waals surface area contributed by atoms with E-state index in [-0.39, 0.29) is 82.5 Å². The summed E-state index contributed by atoms with van der Waals surface area (Å²) < 4.78 is 4.73. The number of Topliss-reactive ketones (excluding diaryl/α,β-unsaturated/α-hetero) is 1. The Bertz CT molecular complexity index is 782. The summed E-state index contributed by atoms with van der Waals surface area (Å²) in [5.74, 6) is 1.51. The fourth-order valence-electron chi connectivity index (χ4n) is 7.57. The zero-order valence-electron chi connectivity index (χ0n) is 20.0. The van der Waals surface area contributed by atoms with E-state index in [0.29, 0.717) is 11.7 Å². The summed E-state index contributed by atoms with van der Waals surface area (Å²) in [6.07, 6.45) is 11.0. The summed E-state index contributed by atoms with van der Waals surface area (Å²) in [4.78, 5) is 28.6. The first-order valence-corrected chi connectivity index (χ1v) is 13.2. The molecule has 178 valence electrons. The van der Waals surface area contributed by atoms with Crippen molar-refractivity contribution in [1.82, 2.24) is 10.2 Å². The Kier molecular flexibility index (Phi) is 8.71. The van der Waals surface area contributed by atoms with Gasteiger partial charge in [-0.25, -0.2) is 0 Å². The van der Waals surface area contributed by atoms with E-state index in [1.165, 1.54) is 5.57 Å². The third-order valence-corrected chi connectivity index (χ3v) is 9.99. The molecule has 4 saturated carbocycles. The van der Waals surface area contributed by atoms with Gasteiger partial charge in [0.2, 0.25) is 5.91 Å². The average Bonchev–Trinajstić information content (AvgIpc) is 2.80. The minimum absolute atomic E-state index is 0. The number of hydrogen-bond acceptors (Lipinski definition) is 7. The van der Waals surface area contributed by atoms with Crippen LogP contribution in [0.15, 0.2) is 11.6 Å². The number of hydrogen-bond donors (Lipinski definition) is 1. The Labute approximate surface area is 223 Å². The quantitative estimate of drug-likeness (QED) is 0.244. The smallest absolute Gasteiger partial charge is 0.691 e. The van der Waals surface area contributed by atoms with E-state index in [1.54, 1.807) is 0 Å². The van der Waals surface area contributed by atoms with Crippen molar-refractivity contribution in [3.05, 3.63) is 11.6 Å². The van der Waals surface area contributed by atoms with E-state index in [4.69, 9.17) is 4.33 Å². The standard InChI is InChI=1S/C24H36N2O5S.Na/c1-13-7-8-17(20(11-13)32-31-30-29)25-18-9-10-19-22-16(12-21(27)26(19)2)14-5-3-4-6-15(14)24(28)23(18)22;/h12-15,17-20,22-23,25,29H,3-11H2,1-2H3;/q;+1/p-1. The van der Waals surface area contributed by atoms with E-state index in [1.807, 2.05) is 18.0 Å². The molecular weight excluding hydrogens is 451 g/mol. The van der Waals surface area contributed by atoms with Gasteiger partial charge in [0.25, 0.3) is 0 Å². The second kappa shape index (κ2) is 11.0. The second-order valence-corrected chi connectivity index (χ2v) is 11.7. The second-order valence-electron chi connectivity index (χ2n) is 10.8. The van der Waals surface area contributed by atoms with Crippen LogP contribution in [0.2, 0.25) is 0 Å². The van der Waals surface area contributed by atoms with Gasteiger partial charge in [-0.2, -0.15) is 4.33 Å². The molecule has 5 rings (SSSR count). The third kappa shape index (κ3) is 4.88. The molecule has 1 amide bonds. The molecule has 7 nitrogen and oxygen atoms in total. The number of likely N-dealkylation sites (N-methyl/N-ethyl adjacent to an activating group) is 1. The van der Waals surface area contributed by atoms with Crippen LogP contribution in [0.4, 0.5) is 0 Å². The summed E-state index contributed by atoms with van der Waals surface area (Å²) >= 11 is 1.12. The minimum Gasteiger partial charge on any atom is -0.691 e. The van der Waals surface area contributed by atoms with Gasteiger partial charge in [0, 0.05) is 66.3 Å². The minimum atomic E-state index is -0.0726. The van der Waals surface area contributed by atoms with Gasteiger partial charge in [-0.1, -0.05) is 25.3 Å². The Morgan fingerprint density at radius 2 is 1.76 bits per heavy atom. The first-order valence-electron chi connectivity index (χ1n) is 12.4. The van der Waals surface area contributed by atoms with Gasteiger partial charge < -0.3 is 15.5 Å². The number of ketones is 1. The molecule has 4 fully saturated rings. The topological polar surface area (TPSA) is 90.9 Å².